The summed E-state index contributed by atoms with van der Waals surface area (Å²) in [7, 11) is 0. The Morgan fingerprint density at radius 1 is 1.10 bits per heavy atom. The van der Waals surface area contributed by atoms with Gasteiger partial charge in [-0.05, 0) is 37.3 Å². The number of fused-ring (bicyclic) bond motifs is 1. The van der Waals surface area contributed by atoms with E-state index < -0.39 is 11.9 Å². The van der Waals surface area contributed by atoms with E-state index in [4.69, 9.17) is 4.74 Å². The predicted octanol–water partition coefficient (Wildman–Crippen LogP) is 4.22. The first-order chi connectivity index (χ1) is 10.1. The maximum atomic E-state index is 13.3. The van der Waals surface area contributed by atoms with Crippen molar-refractivity contribution in [2.45, 2.75) is 13.0 Å². The van der Waals surface area contributed by atoms with Crippen LogP contribution in [0.5, 0.6) is 11.5 Å². The number of benzene rings is 2. The van der Waals surface area contributed by atoms with Gasteiger partial charge in [0.05, 0.1) is 6.10 Å². The molecule has 0 amide bonds. The fraction of sp³-hybridized carbons (Fsp3) is 0.118. The summed E-state index contributed by atoms with van der Waals surface area (Å²) >= 11 is 0. The van der Waals surface area contributed by atoms with Crippen LogP contribution in [0.15, 0.2) is 54.7 Å². The van der Waals surface area contributed by atoms with E-state index in [2.05, 4.69) is 4.98 Å². The monoisotopic (exact) mass is 283 g/mol. The molecule has 0 unspecified atom stereocenters. The molecule has 0 saturated carbocycles. The molecule has 106 valence electrons. The van der Waals surface area contributed by atoms with Gasteiger partial charge in [-0.15, -0.1) is 0 Å². The van der Waals surface area contributed by atoms with Crippen molar-refractivity contribution in [1.29, 1.82) is 0 Å². The zero-order valence-electron chi connectivity index (χ0n) is 11.5. The fourth-order valence-corrected chi connectivity index (χ4v) is 2.22. The smallest absolute Gasteiger partial charge is 0.153 e. The fourth-order valence-electron chi connectivity index (χ4n) is 2.22. The lowest BCUT2D eigenvalue weighted by Crippen LogP contribution is -1.98. The highest BCUT2D eigenvalue weighted by atomic mass is 19.1. The van der Waals surface area contributed by atoms with E-state index in [1.165, 1.54) is 18.2 Å². The average molecular weight is 283 g/mol. The highest BCUT2D eigenvalue weighted by Crippen LogP contribution is 2.33. The van der Waals surface area contributed by atoms with Crippen LogP contribution < -0.4 is 4.74 Å². The molecule has 0 spiro atoms. The van der Waals surface area contributed by atoms with Crippen LogP contribution in [0.2, 0.25) is 0 Å². The Kier molecular flexibility index (Phi) is 3.54. The zero-order valence-corrected chi connectivity index (χ0v) is 11.5. The van der Waals surface area contributed by atoms with Crippen molar-refractivity contribution in [1.82, 2.24) is 4.98 Å². The Morgan fingerprint density at radius 3 is 2.71 bits per heavy atom. The normalized spacial score (nSPS) is 12.3. The van der Waals surface area contributed by atoms with Crippen LogP contribution in [0.25, 0.3) is 10.9 Å². The van der Waals surface area contributed by atoms with Gasteiger partial charge < -0.3 is 9.84 Å². The van der Waals surface area contributed by atoms with Gasteiger partial charge in [0.1, 0.15) is 17.1 Å². The standard InChI is InChI=1S/C17H14FNO2/c1-11(20)14-10-13(18)7-8-15(14)21-16-6-2-4-12-5-3-9-19-17(12)16/h2-11,20H,1H3/t11-/m1/s1. The lowest BCUT2D eigenvalue weighted by atomic mass is 10.1. The van der Waals surface area contributed by atoms with Crippen molar-refractivity contribution in [3.8, 4) is 11.5 Å². The molecule has 0 radical (unpaired) electrons. The van der Waals surface area contributed by atoms with Gasteiger partial charge in [0.15, 0.2) is 5.75 Å². The number of hydrogen-bond donors (Lipinski definition) is 1. The molecular formula is C17H14FNO2. The van der Waals surface area contributed by atoms with Crippen molar-refractivity contribution >= 4 is 10.9 Å². The third-order valence-corrected chi connectivity index (χ3v) is 3.24. The second kappa shape index (κ2) is 5.50. The SMILES string of the molecule is C[C@@H](O)c1cc(F)ccc1Oc1cccc2cccnc12. The summed E-state index contributed by atoms with van der Waals surface area (Å²) in [5.74, 6) is 0.584. The van der Waals surface area contributed by atoms with Crippen molar-refractivity contribution in [2.24, 2.45) is 0 Å². The number of aliphatic hydroxyl groups is 1. The van der Waals surface area contributed by atoms with Crippen LogP contribution in [0.3, 0.4) is 0 Å². The third kappa shape index (κ3) is 2.71. The van der Waals surface area contributed by atoms with E-state index in [9.17, 15) is 9.50 Å². The van der Waals surface area contributed by atoms with Crippen molar-refractivity contribution in [3.63, 3.8) is 0 Å². The number of hydrogen-bond acceptors (Lipinski definition) is 3. The van der Waals surface area contributed by atoms with Crippen molar-refractivity contribution < 1.29 is 14.2 Å². The molecule has 21 heavy (non-hydrogen) atoms. The van der Waals surface area contributed by atoms with E-state index in [1.807, 2.05) is 24.3 Å². The Balaban J connectivity index is 2.07. The Labute approximate surface area is 121 Å². The van der Waals surface area contributed by atoms with Crippen LogP contribution in [0.1, 0.15) is 18.6 Å². The van der Waals surface area contributed by atoms with E-state index in [0.29, 0.717) is 17.1 Å². The summed E-state index contributed by atoms with van der Waals surface area (Å²) in [5, 5.41) is 10.7. The number of para-hydroxylation sites is 1. The lowest BCUT2D eigenvalue weighted by molar-refractivity contribution is 0.195. The Hall–Kier alpha value is -2.46. The van der Waals surface area contributed by atoms with E-state index >= 15 is 0 Å². The first kappa shape index (κ1) is 13.5. The summed E-state index contributed by atoms with van der Waals surface area (Å²) in [6, 6.07) is 13.5. The molecule has 0 bridgehead atoms. The van der Waals surface area contributed by atoms with Crippen LogP contribution >= 0.6 is 0 Å². The van der Waals surface area contributed by atoms with Crippen LogP contribution in [0.4, 0.5) is 4.39 Å². The molecule has 0 saturated heterocycles. The number of halogens is 1. The van der Waals surface area contributed by atoms with Gasteiger partial charge in [-0.1, -0.05) is 18.2 Å². The molecule has 2 aromatic carbocycles. The van der Waals surface area contributed by atoms with E-state index in [1.54, 1.807) is 19.2 Å². The average Bonchev–Trinajstić information content (AvgIpc) is 2.49. The number of aliphatic hydroxyl groups excluding tert-OH is 1. The van der Waals surface area contributed by atoms with Crippen LogP contribution in [-0.4, -0.2) is 10.1 Å². The molecule has 0 aliphatic carbocycles. The van der Waals surface area contributed by atoms with Gasteiger partial charge >= 0.3 is 0 Å². The molecular weight excluding hydrogens is 269 g/mol. The van der Waals surface area contributed by atoms with Gasteiger partial charge in [-0.3, -0.25) is 4.98 Å². The molecule has 1 aromatic heterocycles. The molecule has 0 fully saturated rings. The molecule has 4 heteroatoms. The van der Waals surface area contributed by atoms with Gasteiger partial charge in [0.25, 0.3) is 0 Å². The number of rotatable bonds is 3. The number of aromatic nitrogens is 1. The molecule has 1 atom stereocenters. The second-order valence-electron chi connectivity index (χ2n) is 4.79. The summed E-state index contributed by atoms with van der Waals surface area (Å²) in [6.07, 6.45) is 0.869. The quantitative estimate of drug-likeness (QED) is 0.782. The van der Waals surface area contributed by atoms with Gasteiger partial charge in [-0.2, -0.15) is 0 Å². The Morgan fingerprint density at radius 2 is 1.90 bits per heavy atom. The van der Waals surface area contributed by atoms with E-state index in [-0.39, 0.29) is 0 Å². The van der Waals surface area contributed by atoms with Gasteiger partial charge in [0, 0.05) is 17.1 Å². The number of pyridine rings is 1. The third-order valence-electron chi connectivity index (χ3n) is 3.24. The largest absolute Gasteiger partial charge is 0.455 e. The summed E-state index contributed by atoms with van der Waals surface area (Å²) in [5.41, 5.74) is 1.13. The maximum Gasteiger partial charge on any atom is 0.153 e. The van der Waals surface area contributed by atoms with Crippen molar-refractivity contribution in [2.75, 3.05) is 0 Å². The molecule has 0 aliphatic rings. The predicted molar refractivity (Wildman–Crippen MR) is 78.9 cm³/mol. The molecule has 3 rings (SSSR count). The number of nitrogens with zero attached hydrogens (tertiary/aromatic N) is 1. The second-order valence-corrected chi connectivity index (χ2v) is 4.79. The summed E-state index contributed by atoms with van der Waals surface area (Å²) in [6.45, 7) is 1.57. The van der Waals surface area contributed by atoms with Crippen LogP contribution in [0, 0.1) is 5.82 Å². The minimum Gasteiger partial charge on any atom is -0.455 e. The van der Waals surface area contributed by atoms with Crippen molar-refractivity contribution in [3.05, 3.63) is 66.1 Å². The van der Waals surface area contributed by atoms with E-state index in [0.717, 1.165) is 10.9 Å². The highest BCUT2D eigenvalue weighted by molar-refractivity contribution is 5.84. The lowest BCUT2D eigenvalue weighted by Gasteiger charge is -2.14. The van der Waals surface area contributed by atoms with Crippen LogP contribution in [-0.2, 0) is 0 Å². The Bertz CT molecular complexity index is 781. The summed E-state index contributed by atoms with van der Waals surface area (Å²) < 4.78 is 19.2. The topological polar surface area (TPSA) is 42.4 Å². The van der Waals surface area contributed by atoms with Gasteiger partial charge in [-0.25, -0.2) is 4.39 Å². The maximum absolute atomic E-state index is 13.3. The zero-order chi connectivity index (χ0) is 14.8. The number of ether oxygens (including phenoxy) is 1. The van der Waals surface area contributed by atoms with Gasteiger partial charge in [0.2, 0.25) is 0 Å². The summed E-state index contributed by atoms with van der Waals surface area (Å²) in [4.78, 5) is 4.31. The molecule has 1 heterocycles. The first-order valence-corrected chi connectivity index (χ1v) is 6.64. The molecule has 0 aliphatic heterocycles. The minimum absolute atomic E-state index is 0.405. The highest BCUT2D eigenvalue weighted by Gasteiger charge is 2.13. The molecule has 3 aromatic rings. The molecule has 1 N–H and O–H groups in total. The minimum atomic E-state index is -0.821. The molecule has 3 nitrogen and oxygen atoms in total. The first-order valence-electron chi connectivity index (χ1n) is 6.64.